The number of rotatable bonds is 4. The highest BCUT2D eigenvalue weighted by molar-refractivity contribution is 7.89. The smallest absolute Gasteiger partial charge is 0.270 e. The van der Waals surface area contributed by atoms with E-state index in [0.717, 1.165) is 12.6 Å². The first kappa shape index (κ1) is 18.8. The van der Waals surface area contributed by atoms with E-state index in [0.29, 0.717) is 18.4 Å². The number of non-ortho nitro benzene ring substituents is 1. The Hall–Kier alpha value is -1.22. The number of benzene rings is 1. The first-order valence-corrected chi connectivity index (χ1v) is 8.28. The summed E-state index contributed by atoms with van der Waals surface area (Å²) in [7, 11) is -3.75. The van der Waals surface area contributed by atoms with Crippen LogP contribution in [0.2, 0.25) is 0 Å². The third kappa shape index (κ3) is 4.39. The summed E-state index contributed by atoms with van der Waals surface area (Å²) in [6.07, 6.45) is 1.41. The Morgan fingerprint density at radius 3 is 2.68 bits per heavy atom. The van der Waals surface area contributed by atoms with Gasteiger partial charge in [-0.25, -0.2) is 13.1 Å². The van der Waals surface area contributed by atoms with Gasteiger partial charge in [0.05, 0.1) is 9.82 Å². The van der Waals surface area contributed by atoms with Crippen molar-refractivity contribution in [2.24, 2.45) is 0 Å². The molecule has 1 aromatic carbocycles. The molecule has 2 unspecified atom stereocenters. The van der Waals surface area contributed by atoms with Gasteiger partial charge in [-0.3, -0.25) is 10.1 Å². The number of aryl methyl sites for hydroxylation is 1. The van der Waals surface area contributed by atoms with Gasteiger partial charge in [0.25, 0.3) is 5.69 Å². The molecule has 0 radical (unpaired) electrons. The van der Waals surface area contributed by atoms with Gasteiger partial charge in [-0.2, -0.15) is 0 Å². The Labute approximate surface area is 136 Å². The molecule has 2 N–H and O–H groups in total. The third-order valence-electron chi connectivity index (χ3n) is 3.62. The first-order valence-electron chi connectivity index (χ1n) is 6.80. The van der Waals surface area contributed by atoms with Gasteiger partial charge in [0.15, 0.2) is 0 Å². The molecular weight excluding hydrogens is 330 g/mol. The largest absolute Gasteiger partial charge is 0.314 e. The molecule has 7 nitrogen and oxygen atoms in total. The van der Waals surface area contributed by atoms with Crippen molar-refractivity contribution in [1.29, 1.82) is 0 Å². The van der Waals surface area contributed by atoms with Crippen LogP contribution in [0.4, 0.5) is 5.69 Å². The summed E-state index contributed by atoms with van der Waals surface area (Å²) in [5.74, 6) is 0. The SMILES string of the molecule is Cc1ccc([N+](=O)[O-])cc1S(=O)(=O)NC1CCNC(C)C1.Cl. The van der Waals surface area contributed by atoms with Crippen LogP contribution in [0.5, 0.6) is 0 Å². The van der Waals surface area contributed by atoms with Gasteiger partial charge in [0.1, 0.15) is 0 Å². The second-order valence-corrected chi connectivity index (χ2v) is 7.09. The Balaban J connectivity index is 0.00000242. The molecule has 1 saturated heterocycles. The highest BCUT2D eigenvalue weighted by Crippen LogP contribution is 2.22. The molecule has 9 heteroatoms. The van der Waals surface area contributed by atoms with E-state index in [-0.39, 0.29) is 35.1 Å². The van der Waals surface area contributed by atoms with E-state index in [1.807, 2.05) is 6.92 Å². The topological polar surface area (TPSA) is 101 Å². The molecule has 0 aliphatic carbocycles. The fraction of sp³-hybridized carbons (Fsp3) is 0.538. The minimum atomic E-state index is -3.75. The maximum absolute atomic E-state index is 12.4. The van der Waals surface area contributed by atoms with Crippen molar-refractivity contribution in [2.45, 2.75) is 43.7 Å². The minimum Gasteiger partial charge on any atom is -0.314 e. The van der Waals surface area contributed by atoms with Crippen molar-refractivity contribution < 1.29 is 13.3 Å². The Kier molecular flexibility index (Phi) is 6.30. The molecule has 0 spiro atoms. The minimum absolute atomic E-state index is 0. The van der Waals surface area contributed by atoms with Gasteiger partial charge in [0, 0.05) is 24.2 Å². The summed E-state index contributed by atoms with van der Waals surface area (Å²) >= 11 is 0. The predicted molar refractivity (Wildman–Crippen MR) is 85.9 cm³/mol. The number of nitrogens with one attached hydrogen (secondary N) is 2. The van der Waals surface area contributed by atoms with Crippen LogP contribution < -0.4 is 10.0 Å². The quantitative estimate of drug-likeness (QED) is 0.637. The molecule has 1 fully saturated rings. The summed E-state index contributed by atoms with van der Waals surface area (Å²) in [4.78, 5) is 10.2. The lowest BCUT2D eigenvalue weighted by Gasteiger charge is -2.28. The first-order chi connectivity index (χ1) is 9.79. The van der Waals surface area contributed by atoms with Crippen molar-refractivity contribution in [3.8, 4) is 0 Å². The number of piperidine rings is 1. The van der Waals surface area contributed by atoms with E-state index in [1.54, 1.807) is 6.92 Å². The summed E-state index contributed by atoms with van der Waals surface area (Å²) < 4.78 is 27.6. The molecule has 1 aliphatic heterocycles. The van der Waals surface area contributed by atoms with Gasteiger partial charge in [0.2, 0.25) is 10.0 Å². The molecule has 2 rings (SSSR count). The van der Waals surface area contributed by atoms with Gasteiger partial charge < -0.3 is 5.32 Å². The van der Waals surface area contributed by atoms with E-state index in [4.69, 9.17) is 0 Å². The van der Waals surface area contributed by atoms with Crippen LogP contribution in [0, 0.1) is 17.0 Å². The molecule has 0 bridgehead atoms. The molecular formula is C13H20ClN3O4S. The molecule has 22 heavy (non-hydrogen) atoms. The summed E-state index contributed by atoms with van der Waals surface area (Å²) in [6.45, 7) is 4.38. The maximum atomic E-state index is 12.4. The van der Waals surface area contributed by atoms with Crippen molar-refractivity contribution in [2.75, 3.05) is 6.54 Å². The number of hydrogen-bond donors (Lipinski definition) is 2. The van der Waals surface area contributed by atoms with Gasteiger partial charge in [-0.1, -0.05) is 6.07 Å². The number of sulfonamides is 1. The lowest BCUT2D eigenvalue weighted by molar-refractivity contribution is -0.385. The number of halogens is 1. The zero-order valence-electron chi connectivity index (χ0n) is 12.4. The Bertz CT molecular complexity index is 651. The van der Waals surface area contributed by atoms with E-state index in [9.17, 15) is 18.5 Å². The lowest BCUT2D eigenvalue weighted by atomic mass is 10.0. The zero-order chi connectivity index (χ0) is 15.6. The van der Waals surface area contributed by atoms with E-state index >= 15 is 0 Å². The monoisotopic (exact) mass is 349 g/mol. The number of hydrogen-bond acceptors (Lipinski definition) is 5. The van der Waals surface area contributed by atoms with Crippen LogP contribution >= 0.6 is 12.4 Å². The predicted octanol–water partition coefficient (Wildman–Crippen LogP) is 1.74. The Morgan fingerprint density at radius 2 is 2.09 bits per heavy atom. The molecule has 1 heterocycles. The van der Waals surface area contributed by atoms with E-state index in [2.05, 4.69) is 10.0 Å². The molecule has 0 aromatic heterocycles. The molecule has 0 amide bonds. The van der Waals surface area contributed by atoms with Crippen LogP contribution in [-0.4, -0.2) is 32.0 Å². The second-order valence-electron chi connectivity index (χ2n) is 5.40. The van der Waals surface area contributed by atoms with Crippen LogP contribution in [0.15, 0.2) is 23.1 Å². The molecule has 1 aromatic rings. The van der Waals surface area contributed by atoms with Crippen molar-refractivity contribution >= 4 is 28.1 Å². The second kappa shape index (κ2) is 7.36. The lowest BCUT2D eigenvalue weighted by Crippen LogP contribution is -2.46. The number of nitro groups is 1. The van der Waals surface area contributed by atoms with Gasteiger partial charge >= 0.3 is 0 Å². The molecule has 124 valence electrons. The van der Waals surface area contributed by atoms with Crippen molar-refractivity contribution in [3.63, 3.8) is 0 Å². The number of nitrogens with zero attached hydrogens (tertiary/aromatic N) is 1. The van der Waals surface area contributed by atoms with Crippen molar-refractivity contribution in [3.05, 3.63) is 33.9 Å². The average molecular weight is 350 g/mol. The zero-order valence-corrected chi connectivity index (χ0v) is 14.0. The maximum Gasteiger partial charge on any atom is 0.270 e. The highest BCUT2D eigenvalue weighted by atomic mass is 35.5. The molecule has 1 aliphatic rings. The van der Waals surface area contributed by atoms with Gasteiger partial charge in [-0.05, 0) is 38.8 Å². The number of nitro benzene ring substituents is 1. The fourth-order valence-electron chi connectivity index (χ4n) is 2.51. The van der Waals surface area contributed by atoms with Crippen LogP contribution in [0.25, 0.3) is 0 Å². The normalized spacial score (nSPS) is 21.9. The van der Waals surface area contributed by atoms with Crippen LogP contribution in [-0.2, 0) is 10.0 Å². The van der Waals surface area contributed by atoms with Crippen molar-refractivity contribution in [1.82, 2.24) is 10.0 Å². The molecule has 2 atom stereocenters. The van der Waals surface area contributed by atoms with Crippen LogP contribution in [0.3, 0.4) is 0 Å². The summed E-state index contributed by atoms with van der Waals surface area (Å²) in [6, 6.07) is 3.98. The third-order valence-corrected chi connectivity index (χ3v) is 5.28. The highest BCUT2D eigenvalue weighted by Gasteiger charge is 2.26. The van der Waals surface area contributed by atoms with Crippen LogP contribution in [0.1, 0.15) is 25.3 Å². The Morgan fingerprint density at radius 1 is 1.41 bits per heavy atom. The average Bonchev–Trinajstić information content (AvgIpc) is 2.38. The van der Waals surface area contributed by atoms with E-state index < -0.39 is 14.9 Å². The summed E-state index contributed by atoms with van der Waals surface area (Å²) in [5, 5.41) is 14.1. The van der Waals surface area contributed by atoms with Gasteiger partial charge in [-0.15, -0.1) is 12.4 Å². The summed E-state index contributed by atoms with van der Waals surface area (Å²) in [5.41, 5.74) is 0.273. The van der Waals surface area contributed by atoms with E-state index in [1.165, 1.54) is 12.1 Å². The standard InChI is InChI=1S/C13H19N3O4S.ClH/c1-9-3-4-12(16(17)18)8-13(9)21(19,20)15-11-5-6-14-10(2)7-11;/h3-4,8,10-11,14-15H,5-7H2,1-2H3;1H. The fourth-order valence-corrected chi connectivity index (χ4v) is 4.06. The molecule has 0 saturated carbocycles.